The number of hydrogen-bond donors (Lipinski definition) is 0. The lowest BCUT2D eigenvalue weighted by atomic mass is 9.79. The molecule has 3 aliphatic rings. The predicted octanol–water partition coefficient (Wildman–Crippen LogP) is 2.84. The van der Waals surface area contributed by atoms with Gasteiger partial charge in [0.25, 0.3) is 10.2 Å². The third kappa shape index (κ3) is 3.26. The van der Waals surface area contributed by atoms with Crippen LogP contribution in [0.25, 0.3) is 0 Å². The molecule has 0 amide bonds. The van der Waals surface area contributed by atoms with Gasteiger partial charge in [0.05, 0.1) is 0 Å². The summed E-state index contributed by atoms with van der Waals surface area (Å²) in [6.45, 7) is 2.01. The van der Waals surface area contributed by atoms with Gasteiger partial charge in [0.1, 0.15) is 0 Å². The summed E-state index contributed by atoms with van der Waals surface area (Å²) in [5.74, 6) is 1.74. The second kappa shape index (κ2) is 6.73. The molecule has 4 nitrogen and oxygen atoms in total. The first-order valence-corrected chi connectivity index (χ1v) is 10.4. The van der Waals surface area contributed by atoms with Gasteiger partial charge in [0, 0.05) is 31.6 Å². The zero-order valence-corrected chi connectivity index (χ0v) is 14.3. The average molecular weight is 335 g/mol. The van der Waals surface area contributed by atoms with Crippen molar-refractivity contribution in [3.63, 3.8) is 0 Å². The van der Waals surface area contributed by atoms with Crippen molar-refractivity contribution in [1.29, 1.82) is 0 Å². The van der Waals surface area contributed by atoms with E-state index in [4.69, 9.17) is 11.6 Å². The molecule has 2 unspecified atom stereocenters. The van der Waals surface area contributed by atoms with Gasteiger partial charge in [-0.25, -0.2) is 0 Å². The summed E-state index contributed by atoms with van der Waals surface area (Å²) in [6.07, 6.45) is 8.78. The fraction of sp³-hybridized carbons (Fsp3) is 1.00. The van der Waals surface area contributed by atoms with E-state index in [-0.39, 0.29) is 6.04 Å². The van der Waals surface area contributed by atoms with Gasteiger partial charge in [-0.15, -0.1) is 11.6 Å². The van der Waals surface area contributed by atoms with E-state index in [2.05, 4.69) is 0 Å². The van der Waals surface area contributed by atoms with E-state index >= 15 is 0 Å². The van der Waals surface area contributed by atoms with Crippen LogP contribution >= 0.6 is 11.6 Å². The summed E-state index contributed by atoms with van der Waals surface area (Å²) in [4.78, 5) is 0. The van der Waals surface area contributed by atoms with E-state index in [0.717, 1.165) is 32.2 Å². The van der Waals surface area contributed by atoms with Crippen molar-refractivity contribution in [1.82, 2.24) is 8.61 Å². The van der Waals surface area contributed by atoms with Gasteiger partial charge in [-0.05, 0) is 50.4 Å². The molecule has 0 radical (unpaired) electrons. The molecule has 2 heterocycles. The summed E-state index contributed by atoms with van der Waals surface area (Å²) in [5, 5.41) is 0. The Bertz CT molecular complexity index is 447. The molecular weight excluding hydrogens is 308 g/mol. The zero-order chi connectivity index (χ0) is 14.9. The molecule has 2 atom stereocenters. The second-order valence-corrected chi connectivity index (χ2v) is 9.06. The molecule has 3 rings (SSSR count). The summed E-state index contributed by atoms with van der Waals surface area (Å²) < 4.78 is 29.6. The van der Waals surface area contributed by atoms with Gasteiger partial charge >= 0.3 is 0 Å². The maximum atomic E-state index is 13.0. The van der Waals surface area contributed by atoms with Crippen LogP contribution in [0.1, 0.15) is 51.4 Å². The van der Waals surface area contributed by atoms with E-state index in [9.17, 15) is 8.42 Å². The Balaban J connectivity index is 1.71. The predicted molar refractivity (Wildman–Crippen MR) is 85.6 cm³/mol. The Kier molecular flexibility index (Phi) is 5.14. The fourth-order valence-electron chi connectivity index (χ4n) is 4.31. The Morgan fingerprint density at radius 1 is 0.905 bits per heavy atom. The first-order valence-electron chi connectivity index (χ1n) is 8.46. The van der Waals surface area contributed by atoms with Crippen LogP contribution in [0.5, 0.6) is 0 Å². The Morgan fingerprint density at radius 3 is 2.29 bits per heavy atom. The minimum absolute atomic E-state index is 0.267. The molecule has 2 aliphatic heterocycles. The van der Waals surface area contributed by atoms with E-state index in [1.807, 2.05) is 4.31 Å². The number of alkyl halides is 1. The molecular formula is C15H27ClN2O2S. The van der Waals surface area contributed by atoms with Crippen molar-refractivity contribution in [3.8, 4) is 0 Å². The van der Waals surface area contributed by atoms with Crippen LogP contribution in [0.3, 0.4) is 0 Å². The first-order chi connectivity index (χ1) is 10.1. The topological polar surface area (TPSA) is 40.6 Å². The molecule has 6 heteroatoms. The van der Waals surface area contributed by atoms with Crippen LogP contribution < -0.4 is 0 Å². The molecule has 0 bridgehead atoms. The minimum Gasteiger partial charge on any atom is -0.195 e. The van der Waals surface area contributed by atoms with Gasteiger partial charge in [0.2, 0.25) is 0 Å². The lowest BCUT2D eigenvalue weighted by Gasteiger charge is -2.45. The second-order valence-electron chi connectivity index (χ2n) is 6.87. The van der Waals surface area contributed by atoms with Crippen LogP contribution in [0.2, 0.25) is 0 Å². The Hall–Kier alpha value is 0.160. The molecule has 0 spiro atoms. The Morgan fingerprint density at radius 2 is 1.57 bits per heavy atom. The monoisotopic (exact) mass is 334 g/mol. The van der Waals surface area contributed by atoms with E-state index in [1.54, 1.807) is 4.31 Å². The molecule has 1 aliphatic carbocycles. The normalized spacial score (nSPS) is 33.8. The summed E-state index contributed by atoms with van der Waals surface area (Å²) in [7, 11) is -3.26. The van der Waals surface area contributed by atoms with E-state index < -0.39 is 10.2 Å². The van der Waals surface area contributed by atoms with Crippen LogP contribution in [-0.4, -0.2) is 48.6 Å². The van der Waals surface area contributed by atoms with Gasteiger partial charge in [-0.3, -0.25) is 0 Å². The molecule has 3 fully saturated rings. The molecule has 2 saturated heterocycles. The maximum Gasteiger partial charge on any atom is 0.282 e. The van der Waals surface area contributed by atoms with Crippen molar-refractivity contribution < 1.29 is 8.42 Å². The summed E-state index contributed by atoms with van der Waals surface area (Å²) in [6, 6.07) is 0.267. The molecule has 0 aromatic heterocycles. The third-order valence-corrected chi connectivity index (χ3v) is 8.11. The SMILES string of the molecule is O=S(=O)(N1CCC(CCl)CC1)N1CCCC2CCCCC21. The standard InChI is InChI=1S/C15H27ClN2O2S/c16-12-13-7-10-17(11-8-13)21(19,20)18-9-3-5-14-4-1-2-6-15(14)18/h13-15H,1-12H2. The third-order valence-electron chi connectivity index (χ3n) is 5.61. The van der Waals surface area contributed by atoms with Crippen molar-refractivity contribution in [2.45, 2.75) is 57.4 Å². The number of rotatable bonds is 3. The molecule has 0 N–H and O–H groups in total. The first kappa shape index (κ1) is 16.0. The van der Waals surface area contributed by atoms with E-state index in [0.29, 0.717) is 30.8 Å². The Labute approximate surface area is 134 Å². The van der Waals surface area contributed by atoms with Gasteiger partial charge in [0.15, 0.2) is 0 Å². The van der Waals surface area contributed by atoms with Crippen LogP contribution in [-0.2, 0) is 10.2 Å². The van der Waals surface area contributed by atoms with Gasteiger partial charge in [-0.2, -0.15) is 17.0 Å². The highest BCUT2D eigenvalue weighted by Crippen LogP contribution is 2.37. The van der Waals surface area contributed by atoms with Crippen LogP contribution in [0, 0.1) is 11.8 Å². The van der Waals surface area contributed by atoms with Crippen molar-refractivity contribution in [2.24, 2.45) is 11.8 Å². The smallest absolute Gasteiger partial charge is 0.195 e. The molecule has 21 heavy (non-hydrogen) atoms. The van der Waals surface area contributed by atoms with Crippen molar-refractivity contribution >= 4 is 21.8 Å². The van der Waals surface area contributed by atoms with Gasteiger partial charge < -0.3 is 0 Å². The molecule has 0 aromatic rings. The highest BCUT2D eigenvalue weighted by molar-refractivity contribution is 7.86. The fourth-order valence-corrected chi connectivity index (χ4v) is 6.57. The van der Waals surface area contributed by atoms with Crippen molar-refractivity contribution in [3.05, 3.63) is 0 Å². The highest BCUT2D eigenvalue weighted by atomic mass is 35.5. The number of nitrogens with zero attached hydrogens (tertiary/aromatic N) is 2. The molecule has 0 aromatic carbocycles. The van der Waals surface area contributed by atoms with Crippen molar-refractivity contribution in [2.75, 3.05) is 25.5 Å². The molecule has 122 valence electrons. The lowest BCUT2D eigenvalue weighted by molar-refractivity contribution is 0.119. The molecule has 1 saturated carbocycles. The highest BCUT2D eigenvalue weighted by Gasteiger charge is 2.42. The van der Waals surface area contributed by atoms with E-state index in [1.165, 1.54) is 25.7 Å². The largest absolute Gasteiger partial charge is 0.282 e. The van der Waals surface area contributed by atoms with Gasteiger partial charge in [-0.1, -0.05) is 12.8 Å². The van der Waals surface area contributed by atoms with Crippen LogP contribution in [0.15, 0.2) is 0 Å². The number of piperidine rings is 2. The number of halogens is 1. The quantitative estimate of drug-likeness (QED) is 0.745. The maximum absolute atomic E-state index is 13.0. The zero-order valence-electron chi connectivity index (χ0n) is 12.7. The number of fused-ring (bicyclic) bond motifs is 1. The van der Waals surface area contributed by atoms with Crippen LogP contribution in [0.4, 0.5) is 0 Å². The summed E-state index contributed by atoms with van der Waals surface area (Å²) in [5.41, 5.74) is 0. The number of hydrogen-bond acceptors (Lipinski definition) is 2. The minimum atomic E-state index is -3.26. The average Bonchev–Trinajstić information content (AvgIpc) is 2.54. The lowest BCUT2D eigenvalue weighted by Crippen LogP contribution is -2.55. The summed E-state index contributed by atoms with van der Waals surface area (Å²) >= 11 is 5.90.